The van der Waals surface area contributed by atoms with Gasteiger partial charge in [0.15, 0.2) is 0 Å². The van der Waals surface area contributed by atoms with Gasteiger partial charge in [0.2, 0.25) is 0 Å². The van der Waals surface area contributed by atoms with Gasteiger partial charge < -0.3 is 0 Å². The molecule has 0 amide bonds. The summed E-state index contributed by atoms with van der Waals surface area (Å²) < 4.78 is 0. The van der Waals surface area contributed by atoms with E-state index in [0.29, 0.717) is 0 Å². The lowest BCUT2D eigenvalue weighted by Crippen LogP contribution is -2.26. The Morgan fingerprint density at radius 3 is 2.19 bits per heavy atom. The Hall–Kier alpha value is -4.56. The van der Waals surface area contributed by atoms with Gasteiger partial charge in [-0.3, -0.25) is 9.97 Å². The van der Waals surface area contributed by atoms with Crippen molar-refractivity contribution in [2.45, 2.75) is 11.8 Å². The van der Waals surface area contributed by atoms with Crippen LogP contribution in [0.2, 0.25) is 0 Å². The fourth-order valence-corrected chi connectivity index (χ4v) is 7.28. The SMILES string of the molecule is c1ccc2c(c1)-c1cc3c(cc1C21c2ccccc2-c2ncccc21)Cc1ccc2ncccc2c1-3. The van der Waals surface area contributed by atoms with Gasteiger partial charge in [-0.1, -0.05) is 72.8 Å². The van der Waals surface area contributed by atoms with Crippen molar-refractivity contribution in [3.05, 3.63) is 143 Å². The Kier molecular flexibility index (Phi) is 3.31. The van der Waals surface area contributed by atoms with Crippen molar-refractivity contribution in [1.29, 1.82) is 0 Å². The molecule has 0 bridgehead atoms. The summed E-state index contributed by atoms with van der Waals surface area (Å²) >= 11 is 0. The van der Waals surface area contributed by atoms with E-state index in [4.69, 9.17) is 4.98 Å². The number of benzene rings is 4. The smallest absolute Gasteiger partial charge is 0.0753 e. The highest BCUT2D eigenvalue weighted by molar-refractivity contribution is 6.02. The van der Waals surface area contributed by atoms with E-state index >= 15 is 0 Å². The summed E-state index contributed by atoms with van der Waals surface area (Å²) in [5, 5.41) is 1.25. The number of aromatic nitrogens is 2. The largest absolute Gasteiger partial charge is 0.256 e. The Morgan fingerprint density at radius 1 is 0.528 bits per heavy atom. The van der Waals surface area contributed by atoms with E-state index in [2.05, 4.69) is 102 Å². The molecule has 1 spiro atoms. The summed E-state index contributed by atoms with van der Waals surface area (Å²) in [7, 11) is 0. The average Bonchev–Trinajstić information content (AvgIpc) is 3.55. The Bertz CT molecular complexity index is 1890. The van der Waals surface area contributed by atoms with E-state index in [9.17, 15) is 0 Å². The van der Waals surface area contributed by atoms with Crippen LogP contribution in [-0.4, -0.2) is 9.97 Å². The zero-order chi connectivity index (χ0) is 23.4. The molecule has 36 heavy (non-hydrogen) atoms. The summed E-state index contributed by atoms with van der Waals surface area (Å²) in [6.45, 7) is 0. The topological polar surface area (TPSA) is 25.8 Å². The zero-order valence-corrected chi connectivity index (χ0v) is 19.5. The fraction of sp³-hybridized carbons (Fsp3) is 0.0588. The maximum Gasteiger partial charge on any atom is 0.0753 e. The van der Waals surface area contributed by atoms with Gasteiger partial charge in [-0.05, 0) is 86.3 Å². The first-order valence-electron chi connectivity index (χ1n) is 12.6. The van der Waals surface area contributed by atoms with E-state index in [-0.39, 0.29) is 5.41 Å². The highest BCUT2D eigenvalue weighted by Gasteiger charge is 2.52. The highest BCUT2D eigenvalue weighted by Crippen LogP contribution is 2.63. The van der Waals surface area contributed by atoms with Crippen LogP contribution in [0.4, 0.5) is 0 Å². The van der Waals surface area contributed by atoms with Crippen LogP contribution in [0.25, 0.3) is 44.4 Å². The van der Waals surface area contributed by atoms with Crippen LogP contribution in [0.1, 0.15) is 33.4 Å². The number of rotatable bonds is 0. The van der Waals surface area contributed by atoms with Crippen molar-refractivity contribution in [3.63, 3.8) is 0 Å². The summed E-state index contributed by atoms with van der Waals surface area (Å²) in [4.78, 5) is 9.54. The molecular formula is C34H20N2. The molecule has 9 rings (SSSR count). The molecule has 0 aliphatic heterocycles. The molecule has 3 aliphatic rings. The molecule has 1 unspecified atom stereocenters. The average molecular weight is 457 g/mol. The van der Waals surface area contributed by atoms with Crippen LogP contribution in [0, 0.1) is 0 Å². The lowest BCUT2D eigenvalue weighted by molar-refractivity contribution is 0.790. The van der Waals surface area contributed by atoms with Crippen molar-refractivity contribution in [1.82, 2.24) is 9.97 Å². The molecule has 2 heteroatoms. The molecule has 2 aromatic heterocycles. The standard InChI is InChI=1S/C34H20N2/c1-3-10-27-22(7-1)26-19-25-21(17-20-13-14-31-24(32(20)25)9-5-15-35-31)18-30(26)34(27)28-11-4-2-8-23(28)33-29(34)12-6-16-36-33/h1-16,18-19H,17H2. The number of hydrogen-bond acceptors (Lipinski definition) is 2. The summed E-state index contributed by atoms with van der Waals surface area (Å²) in [5.74, 6) is 0. The molecule has 0 N–H and O–H groups in total. The first kappa shape index (κ1) is 18.7. The molecule has 2 heterocycles. The number of hydrogen-bond donors (Lipinski definition) is 0. The molecule has 3 aliphatic carbocycles. The van der Waals surface area contributed by atoms with Gasteiger partial charge in [0.25, 0.3) is 0 Å². The minimum atomic E-state index is -0.334. The summed E-state index contributed by atoms with van der Waals surface area (Å²) in [6, 6.07) is 35.9. The molecule has 0 radical (unpaired) electrons. The normalized spacial score (nSPS) is 17.4. The predicted molar refractivity (Wildman–Crippen MR) is 144 cm³/mol. The van der Waals surface area contributed by atoms with Gasteiger partial charge in [-0.2, -0.15) is 0 Å². The van der Waals surface area contributed by atoms with Gasteiger partial charge in [0.1, 0.15) is 0 Å². The van der Waals surface area contributed by atoms with E-state index < -0.39 is 0 Å². The van der Waals surface area contributed by atoms with E-state index in [1.165, 1.54) is 66.6 Å². The summed E-state index contributed by atoms with van der Waals surface area (Å²) in [6.07, 6.45) is 4.77. The molecule has 6 aromatic rings. The molecule has 0 saturated heterocycles. The van der Waals surface area contributed by atoms with Gasteiger partial charge in [-0.25, -0.2) is 0 Å². The second kappa shape index (κ2) is 6.35. The predicted octanol–water partition coefficient (Wildman–Crippen LogP) is 7.54. The maximum absolute atomic E-state index is 4.90. The minimum Gasteiger partial charge on any atom is -0.256 e. The fourth-order valence-electron chi connectivity index (χ4n) is 7.28. The quantitative estimate of drug-likeness (QED) is 0.235. The van der Waals surface area contributed by atoms with Crippen LogP contribution in [0.3, 0.4) is 0 Å². The van der Waals surface area contributed by atoms with Crippen molar-refractivity contribution in [2.24, 2.45) is 0 Å². The lowest BCUT2D eigenvalue weighted by Gasteiger charge is -2.30. The monoisotopic (exact) mass is 456 g/mol. The lowest BCUT2D eigenvalue weighted by atomic mass is 9.70. The molecule has 1 atom stereocenters. The third-order valence-electron chi connectivity index (χ3n) is 8.59. The van der Waals surface area contributed by atoms with Crippen molar-refractivity contribution in [3.8, 4) is 33.5 Å². The maximum atomic E-state index is 4.90. The Balaban J connectivity index is 1.43. The van der Waals surface area contributed by atoms with Gasteiger partial charge in [-0.15, -0.1) is 0 Å². The van der Waals surface area contributed by atoms with E-state index in [0.717, 1.165) is 17.6 Å². The number of nitrogens with zero attached hydrogens (tertiary/aromatic N) is 2. The van der Waals surface area contributed by atoms with Crippen molar-refractivity contribution in [2.75, 3.05) is 0 Å². The first-order chi connectivity index (χ1) is 17.9. The second-order valence-corrected chi connectivity index (χ2v) is 10.1. The Labute approximate surface area is 208 Å². The molecular weight excluding hydrogens is 436 g/mol. The van der Waals surface area contributed by atoms with Gasteiger partial charge in [0, 0.05) is 23.3 Å². The third-order valence-corrected chi connectivity index (χ3v) is 8.59. The summed E-state index contributed by atoms with van der Waals surface area (Å²) in [5.41, 5.74) is 16.6. The van der Waals surface area contributed by atoms with E-state index in [1.807, 2.05) is 12.4 Å². The van der Waals surface area contributed by atoms with Crippen molar-refractivity contribution >= 4 is 10.9 Å². The first-order valence-corrected chi connectivity index (χ1v) is 12.6. The van der Waals surface area contributed by atoms with Crippen LogP contribution in [0.5, 0.6) is 0 Å². The van der Waals surface area contributed by atoms with Crippen molar-refractivity contribution < 1.29 is 0 Å². The third kappa shape index (κ3) is 2.02. The highest BCUT2D eigenvalue weighted by atomic mass is 14.7. The molecule has 4 aromatic carbocycles. The number of fused-ring (bicyclic) bond motifs is 15. The number of pyridine rings is 2. The minimum absolute atomic E-state index is 0.334. The second-order valence-electron chi connectivity index (χ2n) is 10.1. The van der Waals surface area contributed by atoms with Gasteiger partial charge in [0.05, 0.1) is 16.6 Å². The molecule has 2 nitrogen and oxygen atoms in total. The van der Waals surface area contributed by atoms with Crippen LogP contribution in [-0.2, 0) is 11.8 Å². The van der Waals surface area contributed by atoms with Crippen LogP contribution >= 0.6 is 0 Å². The van der Waals surface area contributed by atoms with Crippen LogP contribution < -0.4 is 0 Å². The molecule has 0 fully saturated rings. The van der Waals surface area contributed by atoms with Crippen LogP contribution in [0.15, 0.2) is 109 Å². The Morgan fingerprint density at radius 2 is 1.28 bits per heavy atom. The molecule has 166 valence electrons. The van der Waals surface area contributed by atoms with E-state index in [1.54, 1.807) is 0 Å². The van der Waals surface area contributed by atoms with Gasteiger partial charge >= 0.3 is 0 Å². The molecule has 0 saturated carbocycles. The zero-order valence-electron chi connectivity index (χ0n) is 19.5.